The van der Waals surface area contributed by atoms with Crippen LogP contribution in [-0.4, -0.2) is 22.0 Å². The molecule has 7 heteroatoms. The minimum absolute atomic E-state index is 0.0966. The summed E-state index contributed by atoms with van der Waals surface area (Å²) >= 11 is 0. The van der Waals surface area contributed by atoms with Crippen LogP contribution in [0.3, 0.4) is 0 Å². The van der Waals surface area contributed by atoms with E-state index in [1.165, 1.54) is 12.1 Å². The Morgan fingerprint density at radius 2 is 2.06 bits per heavy atom. The predicted molar refractivity (Wildman–Crippen MR) is 71.3 cm³/mol. The van der Waals surface area contributed by atoms with E-state index in [1.54, 1.807) is 0 Å². The lowest BCUT2D eigenvalue weighted by Gasteiger charge is -2.27. The first-order valence-corrected chi connectivity index (χ1v) is 5.85. The second kappa shape index (κ2) is 5.63. The number of anilines is 2. The van der Waals surface area contributed by atoms with Crippen molar-refractivity contribution in [3.63, 3.8) is 0 Å². The van der Waals surface area contributed by atoms with Gasteiger partial charge in [-0.15, -0.1) is 0 Å². The van der Waals surface area contributed by atoms with Crippen LogP contribution < -0.4 is 16.8 Å². The molecule has 0 aliphatic rings. The number of aromatic nitrogens is 1. The molecule has 0 saturated carbocycles. The van der Waals surface area contributed by atoms with E-state index < -0.39 is 4.92 Å². The Kier molecular flexibility index (Phi) is 4.43. The summed E-state index contributed by atoms with van der Waals surface area (Å²) in [5.41, 5.74) is 11.1. The number of nitrogens with zero attached hydrogens (tertiary/aromatic N) is 2. The zero-order chi connectivity index (χ0) is 13.8. The van der Waals surface area contributed by atoms with E-state index in [-0.39, 0.29) is 17.0 Å². The van der Waals surface area contributed by atoms with E-state index in [9.17, 15) is 10.1 Å². The van der Waals surface area contributed by atoms with Gasteiger partial charge in [0.2, 0.25) is 5.82 Å². The fourth-order valence-electron chi connectivity index (χ4n) is 1.49. The molecule has 0 aliphatic heterocycles. The van der Waals surface area contributed by atoms with Crippen LogP contribution >= 0.6 is 0 Å². The number of rotatable bonds is 6. The number of nitrogens with two attached hydrogens (primary N) is 2. The van der Waals surface area contributed by atoms with E-state index >= 15 is 0 Å². The molecule has 0 saturated heterocycles. The first-order chi connectivity index (χ1) is 8.41. The standard InChI is InChI=1S/C11H19N5O2/c1-3-11(13,4-2)7-14-9-6-5-8(16(17)18)10(12)15-9/h5-6H,3-4,7,13H2,1-2H3,(H3,12,14,15). The molecule has 0 bridgehead atoms. The van der Waals surface area contributed by atoms with E-state index in [1.807, 2.05) is 13.8 Å². The van der Waals surface area contributed by atoms with Gasteiger partial charge in [-0.3, -0.25) is 10.1 Å². The maximum absolute atomic E-state index is 10.6. The van der Waals surface area contributed by atoms with Crippen LogP contribution in [0, 0.1) is 10.1 Å². The summed E-state index contributed by atoms with van der Waals surface area (Å²) in [5, 5.41) is 13.6. The Hall–Kier alpha value is -1.89. The largest absolute Gasteiger partial charge is 0.378 e. The van der Waals surface area contributed by atoms with Gasteiger partial charge in [0.05, 0.1) is 4.92 Å². The highest BCUT2D eigenvalue weighted by molar-refractivity contribution is 5.57. The smallest absolute Gasteiger partial charge is 0.311 e. The molecule has 1 aromatic heterocycles. The highest BCUT2D eigenvalue weighted by atomic mass is 16.6. The topological polar surface area (TPSA) is 120 Å². The molecule has 0 unspecified atom stereocenters. The molecule has 0 atom stereocenters. The van der Waals surface area contributed by atoms with Gasteiger partial charge in [-0.1, -0.05) is 13.8 Å². The Bertz CT molecular complexity index is 431. The van der Waals surface area contributed by atoms with Crippen molar-refractivity contribution in [2.45, 2.75) is 32.2 Å². The van der Waals surface area contributed by atoms with E-state index in [2.05, 4.69) is 10.3 Å². The molecular weight excluding hydrogens is 234 g/mol. The van der Waals surface area contributed by atoms with Gasteiger partial charge < -0.3 is 16.8 Å². The van der Waals surface area contributed by atoms with Crippen LogP contribution in [-0.2, 0) is 0 Å². The van der Waals surface area contributed by atoms with Gasteiger partial charge >= 0.3 is 5.69 Å². The van der Waals surface area contributed by atoms with Crippen molar-refractivity contribution in [1.29, 1.82) is 0 Å². The lowest BCUT2D eigenvalue weighted by atomic mass is 9.94. The normalized spacial score (nSPS) is 11.3. The summed E-state index contributed by atoms with van der Waals surface area (Å²) < 4.78 is 0. The molecular formula is C11H19N5O2. The summed E-state index contributed by atoms with van der Waals surface area (Å²) in [6, 6.07) is 2.86. The highest BCUT2D eigenvalue weighted by Crippen LogP contribution is 2.21. The number of nitrogen functional groups attached to an aromatic ring is 1. The van der Waals surface area contributed by atoms with Gasteiger partial charge in [-0.05, 0) is 18.9 Å². The second-order valence-electron chi connectivity index (χ2n) is 4.28. The number of hydrogen-bond acceptors (Lipinski definition) is 6. The Morgan fingerprint density at radius 3 is 2.50 bits per heavy atom. The predicted octanol–water partition coefficient (Wildman–Crippen LogP) is 1.50. The lowest BCUT2D eigenvalue weighted by molar-refractivity contribution is -0.384. The highest BCUT2D eigenvalue weighted by Gasteiger charge is 2.20. The zero-order valence-electron chi connectivity index (χ0n) is 10.6. The minimum Gasteiger partial charge on any atom is -0.378 e. The van der Waals surface area contributed by atoms with Gasteiger partial charge in [0.1, 0.15) is 5.82 Å². The first kappa shape index (κ1) is 14.2. The van der Waals surface area contributed by atoms with Gasteiger partial charge in [0.15, 0.2) is 0 Å². The van der Waals surface area contributed by atoms with E-state index in [4.69, 9.17) is 11.5 Å². The zero-order valence-corrected chi connectivity index (χ0v) is 10.6. The van der Waals surface area contributed by atoms with Crippen LogP contribution in [0.1, 0.15) is 26.7 Å². The van der Waals surface area contributed by atoms with Gasteiger partial charge in [-0.25, -0.2) is 4.98 Å². The Labute approximate surface area is 106 Å². The molecule has 100 valence electrons. The van der Waals surface area contributed by atoms with Crippen molar-refractivity contribution in [1.82, 2.24) is 4.98 Å². The van der Waals surface area contributed by atoms with Crippen LogP contribution in [0.5, 0.6) is 0 Å². The van der Waals surface area contributed by atoms with Gasteiger partial charge in [0, 0.05) is 18.2 Å². The number of hydrogen-bond donors (Lipinski definition) is 3. The lowest BCUT2D eigenvalue weighted by Crippen LogP contribution is -2.45. The monoisotopic (exact) mass is 253 g/mol. The molecule has 0 aromatic carbocycles. The Balaban J connectivity index is 2.75. The third kappa shape index (κ3) is 3.30. The van der Waals surface area contributed by atoms with Crippen molar-refractivity contribution in [2.75, 3.05) is 17.6 Å². The van der Waals surface area contributed by atoms with Crippen molar-refractivity contribution in [2.24, 2.45) is 5.73 Å². The molecule has 1 rings (SSSR count). The molecule has 1 heterocycles. The quantitative estimate of drug-likeness (QED) is 0.522. The number of nitro groups is 1. The fraction of sp³-hybridized carbons (Fsp3) is 0.545. The van der Waals surface area contributed by atoms with Crippen LogP contribution in [0.25, 0.3) is 0 Å². The molecule has 0 spiro atoms. The first-order valence-electron chi connectivity index (χ1n) is 5.85. The fourth-order valence-corrected chi connectivity index (χ4v) is 1.49. The van der Waals surface area contributed by atoms with Crippen molar-refractivity contribution >= 4 is 17.3 Å². The average molecular weight is 253 g/mol. The van der Waals surface area contributed by atoms with E-state index in [0.29, 0.717) is 12.4 Å². The summed E-state index contributed by atoms with van der Waals surface area (Å²) in [6.07, 6.45) is 1.66. The van der Waals surface area contributed by atoms with Crippen molar-refractivity contribution in [3.8, 4) is 0 Å². The molecule has 5 N–H and O–H groups in total. The summed E-state index contributed by atoms with van der Waals surface area (Å²) in [5.74, 6) is 0.399. The van der Waals surface area contributed by atoms with Crippen molar-refractivity contribution < 1.29 is 4.92 Å². The van der Waals surface area contributed by atoms with Crippen LogP contribution in [0.4, 0.5) is 17.3 Å². The van der Waals surface area contributed by atoms with E-state index in [0.717, 1.165) is 12.8 Å². The maximum Gasteiger partial charge on any atom is 0.311 e. The molecule has 7 nitrogen and oxygen atoms in total. The summed E-state index contributed by atoms with van der Waals surface area (Å²) in [7, 11) is 0. The molecule has 0 amide bonds. The van der Waals surface area contributed by atoms with Crippen LogP contribution in [0.15, 0.2) is 12.1 Å². The third-order valence-electron chi connectivity index (χ3n) is 3.13. The maximum atomic E-state index is 10.6. The minimum atomic E-state index is -0.558. The third-order valence-corrected chi connectivity index (χ3v) is 3.13. The summed E-state index contributed by atoms with van der Waals surface area (Å²) in [4.78, 5) is 14.0. The average Bonchev–Trinajstić information content (AvgIpc) is 2.35. The van der Waals surface area contributed by atoms with Crippen molar-refractivity contribution in [3.05, 3.63) is 22.2 Å². The molecule has 0 radical (unpaired) electrons. The SMILES string of the molecule is CCC(N)(CC)CNc1ccc([N+](=O)[O-])c(N)n1. The van der Waals surface area contributed by atoms with Crippen LogP contribution in [0.2, 0.25) is 0 Å². The number of nitrogens with one attached hydrogen (secondary N) is 1. The van der Waals surface area contributed by atoms with Gasteiger partial charge in [-0.2, -0.15) is 0 Å². The van der Waals surface area contributed by atoms with Gasteiger partial charge in [0.25, 0.3) is 0 Å². The molecule has 18 heavy (non-hydrogen) atoms. The number of pyridine rings is 1. The molecule has 1 aromatic rings. The Morgan fingerprint density at radius 1 is 1.44 bits per heavy atom. The molecule has 0 fully saturated rings. The summed E-state index contributed by atoms with van der Waals surface area (Å²) in [6.45, 7) is 4.58. The second-order valence-corrected chi connectivity index (χ2v) is 4.28. The molecule has 0 aliphatic carbocycles.